The number of hydrogen-bond donors (Lipinski definition) is 4. The van der Waals surface area contributed by atoms with Crippen molar-refractivity contribution in [3.8, 4) is 0 Å². The van der Waals surface area contributed by atoms with Crippen LogP contribution in [0.3, 0.4) is 0 Å². The van der Waals surface area contributed by atoms with Crippen LogP contribution < -0.4 is 0 Å². The summed E-state index contributed by atoms with van der Waals surface area (Å²) < 4.78 is 0. The molecule has 8 fully saturated rings. The van der Waals surface area contributed by atoms with Crippen LogP contribution in [0.5, 0.6) is 0 Å². The molecule has 8 aliphatic rings. The van der Waals surface area contributed by atoms with Crippen molar-refractivity contribution in [2.45, 2.75) is 203 Å². The molecule has 0 aromatic rings. The highest BCUT2D eigenvalue weighted by molar-refractivity contribution is 5.15. The molecule has 4 nitrogen and oxygen atoms in total. The molecule has 14 atom stereocenters. The molecule has 4 heteroatoms. The smallest absolute Gasteiger partial charge is 0.112 e. The zero-order valence-electron chi connectivity index (χ0n) is 30.7. The molecule has 0 bridgehead atoms. The summed E-state index contributed by atoms with van der Waals surface area (Å²) in [5.41, 5.74) is -2.65. The second kappa shape index (κ2) is 14.7. The minimum atomic E-state index is -1.32. The molecule has 4 N–H and O–H groups in total. The fraction of sp³-hybridized carbons (Fsp3) is 1.00. The van der Waals surface area contributed by atoms with Gasteiger partial charge in [0.25, 0.3) is 0 Å². The quantitative estimate of drug-likeness (QED) is 0.218. The lowest BCUT2D eigenvalue weighted by Gasteiger charge is -2.61. The molecule has 0 aromatic carbocycles. The third-order valence-electron chi connectivity index (χ3n) is 17.9. The van der Waals surface area contributed by atoms with Gasteiger partial charge in [-0.2, -0.15) is 0 Å². The van der Waals surface area contributed by atoms with Crippen LogP contribution in [-0.2, 0) is 0 Å². The van der Waals surface area contributed by atoms with Gasteiger partial charge < -0.3 is 20.4 Å². The van der Waals surface area contributed by atoms with Gasteiger partial charge in [0.05, 0.1) is 11.2 Å². The van der Waals surface area contributed by atoms with E-state index in [9.17, 15) is 20.4 Å². The number of hydrogen-bond acceptors (Lipinski definition) is 4. The predicted molar refractivity (Wildman–Crippen MR) is 193 cm³/mol. The number of fused-ring (bicyclic) bond motifs is 4. The first-order valence-electron chi connectivity index (χ1n) is 22.2. The second-order valence-electron chi connectivity index (χ2n) is 19.6. The first kappa shape index (κ1) is 34.9. The molecule has 48 heavy (non-hydrogen) atoms. The Morgan fingerprint density at radius 1 is 0.292 bits per heavy atom. The van der Waals surface area contributed by atoms with E-state index in [1.54, 1.807) is 0 Å². The Morgan fingerprint density at radius 2 is 0.500 bits per heavy atom. The zero-order valence-corrected chi connectivity index (χ0v) is 30.7. The summed E-state index contributed by atoms with van der Waals surface area (Å²) in [6.07, 6.45) is 31.0. The molecule has 0 heterocycles. The molecule has 274 valence electrons. The van der Waals surface area contributed by atoms with Gasteiger partial charge in [0.2, 0.25) is 0 Å². The molecule has 0 amide bonds. The van der Waals surface area contributed by atoms with Crippen LogP contribution in [0.1, 0.15) is 180 Å². The third-order valence-corrected chi connectivity index (χ3v) is 17.9. The summed E-state index contributed by atoms with van der Waals surface area (Å²) in [6, 6.07) is 0. The predicted octanol–water partition coefficient (Wildman–Crippen LogP) is 9.60. The average Bonchev–Trinajstić information content (AvgIpc) is 3.15. The van der Waals surface area contributed by atoms with Gasteiger partial charge in [-0.3, -0.25) is 0 Å². The molecular formula is C44H74O4. The molecule has 0 aliphatic heterocycles. The summed E-state index contributed by atoms with van der Waals surface area (Å²) >= 11 is 0. The lowest BCUT2D eigenvalue weighted by atomic mass is 9.48. The largest absolute Gasteiger partial charge is 0.387 e. The van der Waals surface area contributed by atoms with Gasteiger partial charge in [-0.1, -0.05) is 128 Å². The molecule has 0 radical (unpaired) electrons. The van der Waals surface area contributed by atoms with Gasteiger partial charge in [-0.15, -0.1) is 0 Å². The van der Waals surface area contributed by atoms with E-state index >= 15 is 0 Å². The minimum absolute atomic E-state index is 0.0405. The molecule has 0 aromatic heterocycles. The number of rotatable bonds is 7. The van der Waals surface area contributed by atoms with Crippen LogP contribution in [0, 0.1) is 71.0 Å². The third kappa shape index (κ3) is 6.01. The van der Waals surface area contributed by atoms with E-state index < -0.39 is 23.4 Å². The Morgan fingerprint density at radius 3 is 0.750 bits per heavy atom. The molecule has 8 aliphatic carbocycles. The van der Waals surface area contributed by atoms with Crippen LogP contribution in [0.4, 0.5) is 0 Å². The first-order valence-corrected chi connectivity index (χ1v) is 22.2. The average molecular weight is 667 g/mol. The lowest BCUT2D eigenvalue weighted by molar-refractivity contribution is -0.278. The standard InChI is InChI=1S/C44H74O4/c45-41(43(47,37-25-9-17-29-13-1-5-21-33(29)37)38-26-10-18-30-14-2-6-22-34(30)38)42(46)44(48,39-27-11-19-31-15-3-7-23-35(31)39)40-28-12-20-32-16-4-8-24-36(32)40/h29-42,45-48H,1-28H2. The maximum atomic E-state index is 13.9. The van der Waals surface area contributed by atoms with E-state index in [0.29, 0.717) is 47.3 Å². The van der Waals surface area contributed by atoms with Crippen LogP contribution in [-0.4, -0.2) is 43.8 Å². The Hall–Kier alpha value is -0.160. The zero-order chi connectivity index (χ0) is 32.9. The second-order valence-corrected chi connectivity index (χ2v) is 19.6. The highest BCUT2D eigenvalue weighted by atomic mass is 16.4. The number of aliphatic hydroxyl groups is 4. The Labute approximate surface area is 294 Å². The first-order chi connectivity index (χ1) is 23.4. The van der Waals surface area contributed by atoms with Crippen molar-refractivity contribution >= 4 is 0 Å². The van der Waals surface area contributed by atoms with Crippen LogP contribution >= 0.6 is 0 Å². The fourth-order valence-electron chi connectivity index (χ4n) is 16.0. The Kier molecular flexibility index (Phi) is 10.7. The summed E-state index contributed by atoms with van der Waals surface area (Å²) in [7, 11) is 0. The van der Waals surface area contributed by atoms with E-state index in [4.69, 9.17) is 0 Å². The van der Waals surface area contributed by atoms with Gasteiger partial charge in [0.1, 0.15) is 12.2 Å². The maximum absolute atomic E-state index is 13.9. The van der Waals surface area contributed by atoms with Crippen molar-refractivity contribution in [1.82, 2.24) is 0 Å². The topological polar surface area (TPSA) is 80.9 Å². The van der Waals surface area contributed by atoms with Gasteiger partial charge in [0.15, 0.2) is 0 Å². The van der Waals surface area contributed by atoms with Gasteiger partial charge in [0, 0.05) is 0 Å². The van der Waals surface area contributed by atoms with Crippen molar-refractivity contribution in [3.63, 3.8) is 0 Å². The van der Waals surface area contributed by atoms with E-state index in [1.807, 2.05) is 0 Å². The Balaban J connectivity index is 1.21. The fourth-order valence-corrected chi connectivity index (χ4v) is 16.0. The van der Waals surface area contributed by atoms with Gasteiger partial charge in [-0.05, 0) is 122 Å². The van der Waals surface area contributed by atoms with Crippen LogP contribution in [0.25, 0.3) is 0 Å². The van der Waals surface area contributed by atoms with Gasteiger partial charge >= 0.3 is 0 Å². The van der Waals surface area contributed by atoms with Gasteiger partial charge in [-0.25, -0.2) is 0 Å². The SMILES string of the molecule is OC(C(O)C(O)(C1CCCC2CCCCC21)C1CCCC2CCCCC21)C(O)(C1CCCC2CCCCC21)C1CCCC2CCCCC21. The normalized spacial score (nSPS) is 47.5. The molecule has 0 saturated heterocycles. The lowest BCUT2D eigenvalue weighted by Crippen LogP contribution is -2.71. The van der Waals surface area contributed by atoms with E-state index in [2.05, 4.69) is 0 Å². The minimum Gasteiger partial charge on any atom is -0.387 e. The summed E-state index contributed by atoms with van der Waals surface area (Å²) in [6.45, 7) is 0. The maximum Gasteiger partial charge on any atom is 0.112 e. The van der Waals surface area contributed by atoms with Crippen molar-refractivity contribution < 1.29 is 20.4 Å². The van der Waals surface area contributed by atoms with Crippen molar-refractivity contribution in [3.05, 3.63) is 0 Å². The van der Waals surface area contributed by atoms with Crippen LogP contribution in [0.15, 0.2) is 0 Å². The highest BCUT2D eigenvalue weighted by Crippen LogP contribution is 2.60. The van der Waals surface area contributed by atoms with Crippen molar-refractivity contribution in [2.75, 3.05) is 0 Å². The van der Waals surface area contributed by atoms with E-state index in [-0.39, 0.29) is 23.7 Å². The summed E-state index contributed by atoms with van der Waals surface area (Å²) in [4.78, 5) is 0. The van der Waals surface area contributed by atoms with Crippen molar-refractivity contribution in [1.29, 1.82) is 0 Å². The molecule has 0 spiro atoms. The van der Waals surface area contributed by atoms with Crippen molar-refractivity contribution in [2.24, 2.45) is 71.0 Å². The molecule has 8 saturated carbocycles. The van der Waals surface area contributed by atoms with E-state index in [1.165, 1.54) is 128 Å². The molecule has 8 rings (SSSR count). The Bertz CT molecular complexity index is 901. The van der Waals surface area contributed by atoms with Crippen LogP contribution in [0.2, 0.25) is 0 Å². The van der Waals surface area contributed by atoms with E-state index in [0.717, 1.165) is 51.4 Å². The highest BCUT2D eigenvalue weighted by Gasteiger charge is 2.65. The monoisotopic (exact) mass is 667 g/mol. The molecular weight excluding hydrogens is 592 g/mol. The number of aliphatic hydroxyl groups excluding tert-OH is 2. The summed E-state index contributed by atoms with van der Waals surface area (Å²) in [5.74, 6) is 4.58. The summed E-state index contributed by atoms with van der Waals surface area (Å²) in [5, 5.41) is 54.3. The molecule has 14 unspecified atom stereocenters.